The summed E-state index contributed by atoms with van der Waals surface area (Å²) in [5, 5.41) is 7.14. The summed E-state index contributed by atoms with van der Waals surface area (Å²) in [7, 11) is 0. The first kappa shape index (κ1) is 18.1. The molecule has 3 rings (SSSR count). The van der Waals surface area contributed by atoms with E-state index in [1.807, 2.05) is 30.3 Å². The number of rotatable bonds is 6. The molecule has 26 heavy (non-hydrogen) atoms. The highest BCUT2D eigenvalue weighted by molar-refractivity contribution is 5.31. The van der Waals surface area contributed by atoms with Crippen LogP contribution in [0.5, 0.6) is 5.75 Å². The van der Waals surface area contributed by atoms with Gasteiger partial charge in [0.05, 0.1) is 6.04 Å². The molecule has 0 aliphatic rings. The number of H-pyrrole nitrogens is 1. The van der Waals surface area contributed by atoms with Gasteiger partial charge in [0.1, 0.15) is 12.4 Å². The first-order chi connectivity index (χ1) is 12.4. The molecule has 0 aliphatic heterocycles. The molecule has 0 bridgehead atoms. The molecular weight excluding hydrogens is 324 g/mol. The Morgan fingerprint density at radius 3 is 2.38 bits per heavy atom. The number of nitrogens with two attached hydrogens (primary N) is 1. The second kappa shape index (κ2) is 7.70. The lowest BCUT2D eigenvalue weighted by molar-refractivity contribution is 0.296. The number of hydrogen-bond donors (Lipinski definition) is 2. The van der Waals surface area contributed by atoms with Crippen molar-refractivity contribution >= 4 is 0 Å². The highest BCUT2D eigenvalue weighted by Gasteiger charge is 2.14. The Morgan fingerprint density at radius 2 is 1.73 bits per heavy atom. The summed E-state index contributed by atoms with van der Waals surface area (Å²) in [6.45, 7) is 6.91. The molecule has 1 heterocycles. The Kier molecular flexibility index (Phi) is 5.38. The number of benzene rings is 2. The van der Waals surface area contributed by atoms with Gasteiger partial charge in [-0.05, 0) is 35.1 Å². The molecule has 3 N–H and O–H groups in total. The highest BCUT2D eigenvalue weighted by atomic mass is 16.5. The maximum Gasteiger partial charge on any atom is 0.167 e. The number of nitrogens with zero attached hydrogens (tertiary/aromatic N) is 2. The molecule has 0 amide bonds. The number of aromatic amines is 1. The van der Waals surface area contributed by atoms with Crippen LogP contribution in [0.25, 0.3) is 0 Å². The third kappa shape index (κ3) is 4.70. The zero-order chi connectivity index (χ0) is 18.6. The van der Waals surface area contributed by atoms with Crippen LogP contribution in [0.4, 0.5) is 0 Å². The van der Waals surface area contributed by atoms with E-state index in [0.717, 1.165) is 5.75 Å². The van der Waals surface area contributed by atoms with Gasteiger partial charge in [-0.3, -0.25) is 5.10 Å². The van der Waals surface area contributed by atoms with E-state index in [4.69, 9.17) is 10.5 Å². The van der Waals surface area contributed by atoms with Crippen molar-refractivity contribution in [1.82, 2.24) is 15.2 Å². The van der Waals surface area contributed by atoms with Crippen molar-refractivity contribution in [1.29, 1.82) is 0 Å². The van der Waals surface area contributed by atoms with Gasteiger partial charge < -0.3 is 10.5 Å². The fraction of sp³-hybridized carbons (Fsp3) is 0.333. The molecule has 0 radical (unpaired) electrons. The van der Waals surface area contributed by atoms with Crippen molar-refractivity contribution in [2.24, 2.45) is 5.73 Å². The van der Waals surface area contributed by atoms with Crippen LogP contribution in [0.3, 0.4) is 0 Å². The normalized spacial score (nSPS) is 12.8. The smallest absolute Gasteiger partial charge is 0.167 e. The van der Waals surface area contributed by atoms with Crippen LogP contribution in [0.15, 0.2) is 54.6 Å². The zero-order valence-electron chi connectivity index (χ0n) is 15.6. The van der Waals surface area contributed by atoms with Gasteiger partial charge >= 0.3 is 0 Å². The lowest BCUT2D eigenvalue weighted by atomic mass is 9.87. The van der Waals surface area contributed by atoms with Crippen LogP contribution in [0.1, 0.15) is 49.6 Å². The summed E-state index contributed by atoms with van der Waals surface area (Å²) < 4.78 is 5.80. The van der Waals surface area contributed by atoms with Crippen molar-refractivity contribution in [3.05, 3.63) is 77.4 Å². The molecule has 5 heteroatoms. The minimum atomic E-state index is -0.242. The summed E-state index contributed by atoms with van der Waals surface area (Å²) in [6, 6.07) is 18.0. The molecule has 1 atom stereocenters. The van der Waals surface area contributed by atoms with Gasteiger partial charge in [0, 0.05) is 0 Å². The molecule has 2 aromatic carbocycles. The van der Waals surface area contributed by atoms with Crippen LogP contribution in [-0.4, -0.2) is 15.2 Å². The summed E-state index contributed by atoms with van der Waals surface area (Å²) in [5.74, 6) is 2.09. The largest absolute Gasteiger partial charge is 0.486 e. The molecule has 1 aromatic heterocycles. The molecule has 0 saturated heterocycles. The van der Waals surface area contributed by atoms with Gasteiger partial charge in [-0.2, -0.15) is 5.10 Å². The minimum absolute atomic E-state index is 0.132. The minimum Gasteiger partial charge on any atom is -0.486 e. The third-order valence-corrected chi connectivity index (χ3v) is 4.27. The fourth-order valence-corrected chi connectivity index (χ4v) is 2.70. The second-order valence-corrected chi connectivity index (χ2v) is 7.50. The Bertz CT molecular complexity index is 819. The number of aromatic nitrogens is 3. The topological polar surface area (TPSA) is 76.8 Å². The SMILES string of the molecule is CC(C)(C)c1ccc(OCc2nc(C(N)Cc3ccccc3)n[nH]2)cc1. The van der Waals surface area contributed by atoms with Gasteiger partial charge in [-0.15, -0.1) is 0 Å². The lowest BCUT2D eigenvalue weighted by Crippen LogP contribution is -2.15. The molecule has 5 nitrogen and oxygen atoms in total. The number of hydrogen-bond acceptors (Lipinski definition) is 4. The Balaban J connectivity index is 1.56. The van der Waals surface area contributed by atoms with Gasteiger partial charge in [-0.1, -0.05) is 63.2 Å². The average Bonchev–Trinajstić information content (AvgIpc) is 3.10. The van der Waals surface area contributed by atoms with Gasteiger partial charge in [0.15, 0.2) is 11.6 Å². The summed E-state index contributed by atoms with van der Waals surface area (Å²) in [4.78, 5) is 4.46. The number of nitrogens with one attached hydrogen (secondary N) is 1. The first-order valence-electron chi connectivity index (χ1n) is 8.86. The quantitative estimate of drug-likeness (QED) is 0.706. The monoisotopic (exact) mass is 350 g/mol. The van der Waals surface area contributed by atoms with Crippen molar-refractivity contribution < 1.29 is 4.74 Å². The molecule has 0 spiro atoms. The zero-order valence-corrected chi connectivity index (χ0v) is 15.6. The predicted molar refractivity (Wildman–Crippen MR) is 103 cm³/mol. The van der Waals surface area contributed by atoms with Crippen LogP contribution in [-0.2, 0) is 18.4 Å². The lowest BCUT2D eigenvalue weighted by Gasteiger charge is -2.19. The van der Waals surface area contributed by atoms with Crippen LogP contribution in [0.2, 0.25) is 0 Å². The summed E-state index contributed by atoms with van der Waals surface area (Å²) >= 11 is 0. The maximum absolute atomic E-state index is 6.22. The van der Waals surface area contributed by atoms with E-state index in [1.54, 1.807) is 0 Å². The molecular formula is C21H26N4O. The van der Waals surface area contributed by atoms with Crippen molar-refractivity contribution in [2.75, 3.05) is 0 Å². The first-order valence-corrected chi connectivity index (χ1v) is 8.86. The average molecular weight is 350 g/mol. The third-order valence-electron chi connectivity index (χ3n) is 4.27. The molecule has 0 fully saturated rings. The number of ether oxygens (including phenoxy) is 1. The molecule has 0 aliphatic carbocycles. The predicted octanol–water partition coefficient (Wildman–Crippen LogP) is 3.92. The van der Waals surface area contributed by atoms with E-state index in [-0.39, 0.29) is 11.5 Å². The van der Waals surface area contributed by atoms with E-state index in [2.05, 4.69) is 60.2 Å². The van der Waals surface area contributed by atoms with E-state index in [0.29, 0.717) is 24.7 Å². The van der Waals surface area contributed by atoms with E-state index in [9.17, 15) is 0 Å². The standard InChI is InChI=1S/C21H26N4O/c1-21(2,3)16-9-11-17(12-10-16)26-14-19-23-20(25-24-19)18(22)13-15-7-5-4-6-8-15/h4-12,18H,13-14,22H2,1-3H3,(H,23,24,25). The molecule has 0 saturated carbocycles. The van der Waals surface area contributed by atoms with E-state index < -0.39 is 0 Å². The van der Waals surface area contributed by atoms with Crippen LogP contribution < -0.4 is 10.5 Å². The maximum atomic E-state index is 6.22. The summed E-state index contributed by atoms with van der Waals surface area (Å²) in [6.07, 6.45) is 0.702. The van der Waals surface area contributed by atoms with Crippen molar-refractivity contribution in [2.45, 2.75) is 45.3 Å². The Hall–Kier alpha value is -2.66. The molecule has 1 unspecified atom stereocenters. The Labute approximate surface area is 154 Å². The second-order valence-electron chi connectivity index (χ2n) is 7.50. The molecule has 3 aromatic rings. The Morgan fingerprint density at radius 1 is 1.04 bits per heavy atom. The van der Waals surface area contributed by atoms with Gasteiger partial charge in [0.25, 0.3) is 0 Å². The molecule has 136 valence electrons. The van der Waals surface area contributed by atoms with Crippen LogP contribution >= 0.6 is 0 Å². The van der Waals surface area contributed by atoms with Crippen LogP contribution in [0, 0.1) is 0 Å². The fourth-order valence-electron chi connectivity index (χ4n) is 2.70. The van der Waals surface area contributed by atoms with Crippen molar-refractivity contribution in [3.8, 4) is 5.75 Å². The summed E-state index contributed by atoms with van der Waals surface area (Å²) in [5.41, 5.74) is 8.80. The van der Waals surface area contributed by atoms with Crippen molar-refractivity contribution in [3.63, 3.8) is 0 Å². The highest BCUT2D eigenvalue weighted by Crippen LogP contribution is 2.24. The van der Waals surface area contributed by atoms with E-state index >= 15 is 0 Å². The van der Waals surface area contributed by atoms with Gasteiger partial charge in [0.2, 0.25) is 0 Å². The van der Waals surface area contributed by atoms with Gasteiger partial charge in [-0.25, -0.2) is 4.98 Å². The van der Waals surface area contributed by atoms with E-state index in [1.165, 1.54) is 11.1 Å².